The monoisotopic (exact) mass is 606 g/mol. The van der Waals surface area contributed by atoms with Crippen molar-refractivity contribution in [3.8, 4) is 11.3 Å². The molecule has 6 rings (SSSR count). The molecule has 0 spiro atoms. The Morgan fingerprint density at radius 1 is 1.00 bits per heavy atom. The van der Waals surface area contributed by atoms with E-state index in [2.05, 4.69) is 22.5 Å². The smallest absolute Gasteiger partial charge is 0.475 e. The topological polar surface area (TPSA) is 146 Å². The van der Waals surface area contributed by atoms with E-state index in [1.807, 2.05) is 29.2 Å². The van der Waals surface area contributed by atoms with E-state index in [0.717, 1.165) is 54.0 Å². The van der Waals surface area contributed by atoms with E-state index in [9.17, 15) is 22.8 Å². The normalized spacial score (nSPS) is 21.5. The first-order valence-electron chi connectivity index (χ1n) is 14.1. The maximum absolute atomic E-state index is 13.2. The van der Waals surface area contributed by atoms with Crippen LogP contribution in [0.2, 0.25) is 0 Å². The lowest BCUT2D eigenvalue weighted by Crippen LogP contribution is -2.44. The Bertz CT molecular complexity index is 1350. The number of morpholine rings is 1. The van der Waals surface area contributed by atoms with Crippen molar-refractivity contribution in [3.63, 3.8) is 0 Å². The van der Waals surface area contributed by atoms with Crippen LogP contribution in [0.25, 0.3) is 11.3 Å². The van der Waals surface area contributed by atoms with Gasteiger partial charge in [0.15, 0.2) is 0 Å². The molecule has 1 saturated carbocycles. The number of amides is 3. The number of urea groups is 1. The van der Waals surface area contributed by atoms with E-state index in [4.69, 9.17) is 29.3 Å². The van der Waals surface area contributed by atoms with Gasteiger partial charge in [-0.05, 0) is 38.3 Å². The lowest BCUT2D eigenvalue weighted by atomic mass is 10.0. The third-order valence-electron chi connectivity index (χ3n) is 7.56. The fourth-order valence-electron chi connectivity index (χ4n) is 5.07. The van der Waals surface area contributed by atoms with Gasteiger partial charge >= 0.3 is 18.2 Å². The molecule has 2 atom stereocenters. The number of halogens is 3. The van der Waals surface area contributed by atoms with Crippen LogP contribution in [0.4, 0.5) is 29.6 Å². The molecule has 232 valence electrons. The molecule has 3 amide bonds. The number of aromatic nitrogens is 2. The number of rotatable bonds is 5. The van der Waals surface area contributed by atoms with Gasteiger partial charge in [-0.2, -0.15) is 13.2 Å². The molecule has 1 aromatic carbocycles. The maximum Gasteiger partial charge on any atom is 0.490 e. The number of hydrogen-bond donors (Lipinski definition) is 3. The first kappa shape index (κ1) is 30.5. The molecule has 2 aromatic rings. The molecule has 3 N–H and O–H groups in total. The highest BCUT2D eigenvalue weighted by atomic mass is 19.4. The Hall–Kier alpha value is -3.98. The average molecular weight is 607 g/mol. The van der Waals surface area contributed by atoms with E-state index < -0.39 is 12.1 Å². The minimum Gasteiger partial charge on any atom is -0.475 e. The number of carbonyl (C=O) groups excluding carboxylic acids is 2. The summed E-state index contributed by atoms with van der Waals surface area (Å²) in [5.41, 5.74) is 4.37. The number of hydrogen-bond acceptors (Lipinski definition) is 8. The van der Waals surface area contributed by atoms with Crippen molar-refractivity contribution in [2.45, 2.75) is 57.5 Å². The summed E-state index contributed by atoms with van der Waals surface area (Å²) < 4.78 is 42.8. The molecule has 4 aliphatic rings. The van der Waals surface area contributed by atoms with Crippen LogP contribution >= 0.6 is 0 Å². The highest BCUT2D eigenvalue weighted by Crippen LogP contribution is 2.34. The standard InChI is InChI=1S/C26H32N6O4.C2HF3O2/c1-16-14-36-11-9-32(16)25-29-22-13-31(24(33)18-8-10-35-15-18)12-21(22)23(30-25)17-2-4-19(5-3-17)27-26(34)28-20-6-7-20;3-2(4,5)1(6)7/h2-5,16,18,20H,6-15H2,1H3,(H2,27,28,34);(H,6,7). The molecule has 0 radical (unpaired) electrons. The Morgan fingerprint density at radius 2 is 1.70 bits per heavy atom. The summed E-state index contributed by atoms with van der Waals surface area (Å²) in [5, 5.41) is 13.0. The van der Waals surface area contributed by atoms with E-state index in [1.54, 1.807) is 0 Å². The van der Waals surface area contributed by atoms with Crippen LogP contribution in [0.1, 0.15) is 37.4 Å². The van der Waals surface area contributed by atoms with Crippen LogP contribution in [-0.4, -0.2) is 89.1 Å². The van der Waals surface area contributed by atoms with Crippen molar-refractivity contribution >= 4 is 29.5 Å². The van der Waals surface area contributed by atoms with Gasteiger partial charge in [0.05, 0.1) is 56.3 Å². The number of carboxylic acids is 1. The zero-order chi connectivity index (χ0) is 30.7. The third kappa shape index (κ3) is 7.51. The molecule has 0 bridgehead atoms. The van der Waals surface area contributed by atoms with E-state index in [0.29, 0.717) is 51.5 Å². The van der Waals surface area contributed by atoms with Gasteiger partial charge in [-0.1, -0.05) is 12.1 Å². The van der Waals surface area contributed by atoms with E-state index in [1.165, 1.54) is 0 Å². The molecule has 12 nitrogen and oxygen atoms in total. The Kier molecular flexibility index (Phi) is 9.01. The van der Waals surface area contributed by atoms with Gasteiger partial charge in [0.1, 0.15) is 0 Å². The molecule has 4 heterocycles. The van der Waals surface area contributed by atoms with Crippen molar-refractivity contribution in [1.82, 2.24) is 20.2 Å². The minimum atomic E-state index is -5.08. The van der Waals surface area contributed by atoms with Crippen LogP contribution in [-0.2, 0) is 32.2 Å². The Morgan fingerprint density at radius 3 is 2.30 bits per heavy atom. The quantitative estimate of drug-likeness (QED) is 0.467. The highest BCUT2D eigenvalue weighted by molar-refractivity contribution is 5.90. The maximum atomic E-state index is 13.2. The number of benzene rings is 1. The SMILES string of the molecule is CC1COCCN1c1nc2c(c(-c3ccc(NC(=O)NC4CC4)cc3)n1)CN(C(=O)C1CCOC1)C2.O=C(O)C(F)(F)F. The van der Waals surface area contributed by atoms with Gasteiger partial charge in [0, 0.05) is 36.0 Å². The lowest BCUT2D eigenvalue weighted by Gasteiger charge is -2.33. The number of carboxylic acid groups (broad SMARTS) is 1. The van der Waals surface area contributed by atoms with E-state index in [-0.39, 0.29) is 23.9 Å². The highest BCUT2D eigenvalue weighted by Gasteiger charge is 2.38. The largest absolute Gasteiger partial charge is 0.490 e. The van der Waals surface area contributed by atoms with Gasteiger partial charge in [-0.15, -0.1) is 0 Å². The fraction of sp³-hybridized carbons (Fsp3) is 0.536. The van der Waals surface area contributed by atoms with E-state index >= 15 is 0 Å². The summed E-state index contributed by atoms with van der Waals surface area (Å²) in [4.78, 5) is 48.2. The molecular weight excluding hydrogens is 573 g/mol. The summed E-state index contributed by atoms with van der Waals surface area (Å²) in [7, 11) is 0. The van der Waals surface area contributed by atoms with Crippen molar-refractivity contribution in [2.24, 2.45) is 5.92 Å². The molecule has 3 aliphatic heterocycles. The van der Waals surface area contributed by atoms with Gasteiger partial charge in [-0.25, -0.2) is 19.6 Å². The first-order chi connectivity index (χ1) is 20.5. The number of carbonyl (C=O) groups is 3. The van der Waals surface area contributed by atoms with Gasteiger partial charge in [0.2, 0.25) is 11.9 Å². The van der Waals surface area contributed by atoms with Gasteiger partial charge in [-0.3, -0.25) is 4.79 Å². The third-order valence-corrected chi connectivity index (χ3v) is 7.56. The van der Waals surface area contributed by atoms with Crippen molar-refractivity contribution in [2.75, 3.05) is 43.2 Å². The minimum absolute atomic E-state index is 0.0819. The molecule has 1 aromatic heterocycles. The summed E-state index contributed by atoms with van der Waals surface area (Å²) >= 11 is 0. The Balaban J connectivity index is 0.000000472. The van der Waals surface area contributed by atoms with Crippen LogP contribution in [0, 0.1) is 5.92 Å². The molecule has 43 heavy (non-hydrogen) atoms. The predicted molar refractivity (Wildman–Crippen MR) is 147 cm³/mol. The number of anilines is 2. The van der Waals surface area contributed by atoms with Gasteiger partial charge < -0.3 is 35.0 Å². The predicted octanol–water partition coefficient (Wildman–Crippen LogP) is 3.16. The zero-order valence-electron chi connectivity index (χ0n) is 23.5. The first-order valence-corrected chi connectivity index (χ1v) is 14.1. The average Bonchev–Trinajstić information content (AvgIpc) is 3.42. The number of fused-ring (bicyclic) bond motifs is 1. The van der Waals surface area contributed by atoms with Crippen LogP contribution in [0.5, 0.6) is 0 Å². The second kappa shape index (κ2) is 12.7. The fourth-order valence-corrected chi connectivity index (χ4v) is 5.07. The zero-order valence-corrected chi connectivity index (χ0v) is 23.5. The second-order valence-corrected chi connectivity index (χ2v) is 10.9. The van der Waals surface area contributed by atoms with Crippen molar-refractivity contribution in [1.29, 1.82) is 0 Å². The van der Waals surface area contributed by atoms with Crippen LogP contribution in [0.3, 0.4) is 0 Å². The van der Waals surface area contributed by atoms with Crippen molar-refractivity contribution in [3.05, 3.63) is 35.5 Å². The second-order valence-electron chi connectivity index (χ2n) is 10.9. The molecular formula is C28H33F3N6O6. The number of nitrogens with zero attached hydrogens (tertiary/aromatic N) is 4. The summed E-state index contributed by atoms with van der Waals surface area (Å²) in [5.74, 6) is -2.04. The number of alkyl halides is 3. The van der Waals surface area contributed by atoms with Crippen LogP contribution < -0.4 is 15.5 Å². The molecule has 2 saturated heterocycles. The summed E-state index contributed by atoms with van der Waals surface area (Å²) in [6.07, 6.45) is -2.23. The molecule has 15 heteroatoms. The van der Waals surface area contributed by atoms with Gasteiger partial charge in [0.25, 0.3) is 0 Å². The summed E-state index contributed by atoms with van der Waals surface area (Å²) in [6.45, 7) is 6.19. The molecule has 1 aliphatic carbocycles. The van der Waals surface area contributed by atoms with Crippen molar-refractivity contribution < 1.29 is 42.1 Å². The molecule has 3 fully saturated rings. The number of aliphatic carboxylic acids is 1. The summed E-state index contributed by atoms with van der Waals surface area (Å²) in [6, 6.07) is 8.00. The lowest BCUT2D eigenvalue weighted by molar-refractivity contribution is -0.192. The number of ether oxygens (including phenoxy) is 2. The number of nitrogens with one attached hydrogen (secondary N) is 2. The Labute approximate surface area is 245 Å². The molecule has 2 unspecified atom stereocenters. The van der Waals surface area contributed by atoms with Crippen LogP contribution in [0.15, 0.2) is 24.3 Å².